The molecule has 198 valence electrons. The molecule has 3 aromatic carbocycles. The van der Waals surface area contributed by atoms with Gasteiger partial charge in [-0.05, 0) is 41.2 Å². The van der Waals surface area contributed by atoms with Crippen molar-refractivity contribution < 1.29 is 19.1 Å². The van der Waals surface area contributed by atoms with Crippen LogP contribution < -0.4 is 11.5 Å². The molecule has 0 fully saturated rings. The summed E-state index contributed by atoms with van der Waals surface area (Å²) in [5.41, 5.74) is 13.7. The lowest BCUT2D eigenvalue weighted by Crippen LogP contribution is -2.51. The molecular weight excluding hydrogens is 490 g/mol. The molecule has 7 nitrogen and oxygen atoms in total. The first-order valence-corrected chi connectivity index (χ1v) is 12.4. The number of fused-ring (bicyclic) bond motifs is 1. The van der Waals surface area contributed by atoms with Crippen molar-refractivity contribution >= 4 is 41.0 Å². The zero-order valence-electron chi connectivity index (χ0n) is 21.2. The van der Waals surface area contributed by atoms with E-state index in [1.807, 2.05) is 73.7 Å². The molecule has 0 aliphatic rings. The van der Waals surface area contributed by atoms with E-state index in [-0.39, 0.29) is 44.2 Å². The lowest BCUT2D eigenvalue weighted by molar-refractivity contribution is -0.145. The van der Waals surface area contributed by atoms with Gasteiger partial charge < -0.3 is 21.1 Å². The molecule has 0 unspecified atom stereocenters. The number of esters is 1. The molecule has 3 aromatic rings. The number of halogens is 1. The second-order valence-electron chi connectivity index (χ2n) is 9.03. The van der Waals surface area contributed by atoms with Gasteiger partial charge in [-0.15, -0.1) is 12.4 Å². The van der Waals surface area contributed by atoms with Gasteiger partial charge in [-0.2, -0.15) is 0 Å². The fraction of sp³-hybridized carbons (Fsp3) is 0.345. The number of carbonyl (C=O) groups excluding carboxylic acids is 3. The van der Waals surface area contributed by atoms with Gasteiger partial charge >= 0.3 is 5.97 Å². The maximum absolute atomic E-state index is 13.3. The van der Waals surface area contributed by atoms with Crippen molar-refractivity contribution in [3.8, 4) is 0 Å². The van der Waals surface area contributed by atoms with E-state index in [2.05, 4.69) is 6.07 Å². The van der Waals surface area contributed by atoms with E-state index in [0.717, 1.165) is 21.9 Å². The summed E-state index contributed by atoms with van der Waals surface area (Å²) in [6, 6.07) is 22.2. The van der Waals surface area contributed by atoms with Crippen LogP contribution in [-0.4, -0.2) is 41.3 Å². The van der Waals surface area contributed by atoms with Crippen LogP contribution in [0.2, 0.25) is 0 Å². The Labute approximate surface area is 224 Å². The van der Waals surface area contributed by atoms with Crippen molar-refractivity contribution in [3.05, 3.63) is 83.9 Å². The number of nitrogens with two attached hydrogens (primary N) is 2. The summed E-state index contributed by atoms with van der Waals surface area (Å²) in [5, 5.41) is 2.21. The summed E-state index contributed by atoms with van der Waals surface area (Å²) in [4.78, 5) is 39.1. The molecule has 3 rings (SSSR count). The summed E-state index contributed by atoms with van der Waals surface area (Å²) >= 11 is 0. The number of rotatable bonds is 13. The second kappa shape index (κ2) is 15.0. The van der Waals surface area contributed by atoms with E-state index >= 15 is 0 Å². The number of nitrogens with zero attached hydrogens (tertiary/aromatic N) is 1. The number of ether oxygens (including phenoxy) is 1. The van der Waals surface area contributed by atoms with Crippen LogP contribution in [0.1, 0.15) is 43.7 Å². The average Bonchev–Trinajstić information content (AvgIpc) is 2.88. The van der Waals surface area contributed by atoms with Gasteiger partial charge in [-0.3, -0.25) is 14.4 Å². The molecule has 0 bridgehead atoms. The summed E-state index contributed by atoms with van der Waals surface area (Å²) < 4.78 is 5.30. The lowest BCUT2D eigenvalue weighted by atomic mass is 9.97. The Bertz CT molecular complexity index is 1170. The first kappa shape index (κ1) is 29.8. The molecule has 0 spiro atoms. The minimum atomic E-state index is -0.882. The van der Waals surface area contributed by atoms with Crippen LogP contribution in [0.3, 0.4) is 0 Å². The van der Waals surface area contributed by atoms with Crippen molar-refractivity contribution in [2.24, 2.45) is 11.5 Å². The number of primary amides is 1. The Balaban J connectivity index is 0.00000481. The lowest BCUT2D eigenvalue weighted by Gasteiger charge is -2.33. The topological polar surface area (TPSA) is 116 Å². The van der Waals surface area contributed by atoms with E-state index in [1.165, 1.54) is 0 Å². The molecule has 0 saturated heterocycles. The van der Waals surface area contributed by atoms with Crippen molar-refractivity contribution in [2.75, 3.05) is 6.54 Å². The van der Waals surface area contributed by atoms with E-state index in [4.69, 9.17) is 16.2 Å². The Hall–Kier alpha value is -3.42. The highest BCUT2D eigenvalue weighted by molar-refractivity contribution is 5.85. The average molecular weight is 526 g/mol. The number of hydrogen-bond acceptors (Lipinski definition) is 5. The third kappa shape index (κ3) is 9.19. The van der Waals surface area contributed by atoms with Crippen molar-refractivity contribution in [2.45, 2.75) is 57.7 Å². The number of carbonyl (C=O) groups is 3. The van der Waals surface area contributed by atoms with Crippen LogP contribution in [0.5, 0.6) is 0 Å². The molecule has 0 saturated carbocycles. The standard InChI is InChI=1S/C29H35N3O4.ClH/c1-2-16-32(29(35)26(30)14-15-28(34)36-20-21-8-4-3-5-9-21)25(19-27(31)33)18-22-12-13-23-10-6-7-11-24(23)17-22;/h3-13,17,25-26H,2,14-16,18-20,30H2,1H3,(H2,31,33);1H/t25-,26-;/m0./s1. The fourth-order valence-corrected chi connectivity index (χ4v) is 4.30. The highest BCUT2D eigenvalue weighted by atomic mass is 35.5. The van der Waals surface area contributed by atoms with Crippen LogP contribution >= 0.6 is 12.4 Å². The van der Waals surface area contributed by atoms with Crippen molar-refractivity contribution in [1.82, 2.24) is 4.90 Å². The molecule has 8 heteroatoms. The molecule has 0 aromatic heterocycles. The number of benzene rings is 3. The highest BCUT2D eigenvalue weighted by Crippen LogP contribution is 2.20. The van der Waals surface area contributed by atoms with Crippen LogP contribution in [0.25, 0.3) is 10.8 Å². The van der Waals surface area contributed by atoms with E-state index in [9.17, 15) is 14.4 Å². The first-order valence-electron chi connectivity index (χ1n) is 12.4. The van der Waals surface area contributed by atoms with E-state index < -0.39 is 24.0 Å². The first-order chi connectivity index (χ1) is 17.4. The van der Waals surface area contributed by atoms with E-state index in [0.29, 0.717) is 19.4 Å². The van der Waals surface area contributed by atoms with Gasteiger partial charge in [0.2, 0.25) is 11.8 Å². The minimum absolute atomic E-state index is 0. The van der Waals surface area contributed by atoms with Gasteiger partial charge in [0.25, 0.3) is 0 Å². The quantitative estimate of drug-likeness (QED) is 0.325. The third-order valence-electron chi connectivity index (χ3n) is 6.13. The normalized spacial score (nSPS) is 12.3. The predicted octanol–water partition coefficient (Wildman–Crippen LogP) is 4.14. The van der Waals surface area contributed by atoms with Gasteiger partial charge in [-0.1, -0.05) is 79.7 Å². The fourth-order valence-electron chi connectivity index (χ4n) is 4.30. The van der Waals surface area contributed by atoms with Crippen LogP contribution in [-0.2, 0) is 32.1 Å². The molecular formula is C29H36ClN3O4. The summed E-state index contributed by atoms with van der Waals surface area (Å²) in [6.07, 6.45) is 1.40. The largest absolute Gasteiger partial charge is 0.461 e. The van der Waals surface area contributed by atoms with Gasteiger partial charge in [-0.25, -0.2) is 0 Å². The molecule has 0 heterocycles. The Morgan fingerprint density at radius 2 is 1.59 bits per heavy atom. The Morgan fingerprint density at radius 1 is 0.919 bits per heavy atom. The Morgan fingerprint density at radius 3 is 2.27 bits per heavy atom. The van der Waals surface area contributed by atoms with Gasteiger partial charge in [0.05, 0.1) is 6.04 Å². The van der Waals surface area contributed by atoms with E-state index in [1.54, 1.807) is 4.90 Å². The molecule has 37 heavy (non-hydrogen) atoms. The molecule has 0 radical (unpaired) electrons. The molecule has 2 atom stereocenters. The van der Waals surface area contributed by atoms with Crippen molar-refractivity contribution in [1.29, 1.82) is 0 Å². The third-order valence-corrected chi connectivity index (χ3v) is 6.13. The minimum Gasteiger partial charge on any atom is -0.461 e. The highest BCUT2D eigenvalue weighted by Gasteiger charge is 2.29. The van der Waals surface area contributed by atoms with Crippen molar-refractivity contribution in [3.63, 3.8) is 0 Å². The van der Waals surface area contributed by atoms with Gasteiger partial charge in [0.15, 0.2) is 0 Å². The second-order valence-corrected chi connectivity index (χ2v) is 9.03. The summed E-state index contributed by atoms with van der Waals surface area (Å²) in [6.45, 7) is 2.58. The SMILES string of the molecule is CCCN(C(=O)[C@@H](N)CCC(=O)OCc1ccccc1)[C@H](CC(N)=O)Cc1ccc2ccccc2c1.Cl. The summed E-state index contributed by atoms with van der Waals surface area (Å²) in [7, 11) is 0. The van der Waals surface area contributed by atoms with Crippen LogP contribution in [0.15, 0.2) is 72.8 Å². The summed E-state index contributed by atoms with van der Waals surface area (Å²) in [5.74, 6) is -1.18. The maximum Gasteiger partial charge on any atom is 0.306 e. The monoisotopic (exact) mass is 525 g/mol. The molecule has 0 aliphatic carbocycles. The molecule has 4 N–H and O–H groups in total. The van der Waals surface area contributed by atoms with Gasteiger partial charge in [0.1, 0.15) is 6.61 Å². The molecule has 0 aliphatic heterocycles. The van der Waals surface area contributed by atoms with Crippen LogP contribution in [0.4, 0.5) is 0 Å². The van der Waals surface area contributed by atoms with Crippen LogP contribution in [0, 0.1) is 0 Å². The number of hydrogen-bond donors (Lipinski definition) is 2. The zero-order chi connectivity index (χ0) is 25.9. The zero-order valence-corrected chi connectivity index (χ0v) is 22.0. The predicted molar refractivity (Wildman–Crippen MR) is 148 cm³/mol. The maximum atomic E-state index is 13.3. The Kier molecular flexibility index (Phi) is 12.1. The smallest absolute Gasteiger partial charge is 0.306 e. The molecule has 2 amide bonds. The van der Waals surface area contributed by atoms with Gasteiger partial charge in [0, 0.05) is 25.4 Å². The number of amides is 2.